The van der Waals surface area contributed by atoms with Crippen LogP contribution in [0.3, 0.4) is 0 Å². The van der Waals surface area contributed by atoms with Gasteiger partial charge in [0.1, 0.15) is 0 Å². The van der Waals surface area contributed by atoms with Gasteiger partial charge in [-0.1, -0.05) is 37.3 Å². The maximum absolute atomic E-state index is 12.6. The molecule has 0 saturated carbocycles. The lowest BCUT2D eigenvalue weighted by Crippen LogP contribution is -2.27. The summed E-state index contributed by atoms with van der Waals surface area (Å²) in [7, 11) is 0. The second-order valence-electron chi connectivity index (χ2n) is 3.18. The van der Waals surface area contributed by atoms with Crippen molar-refractivity contribution in [3.05, 3.63) is 35.9 Å². The third-order valence-electron chi connectivity index (χ3n) is 2.02. The zero-order chi connectivity index (χ0) is 10.4. The molecule has 0 aromatic heterocycles. The highest BCUT2D eigenvalue weighted by atomic mass is 19.3. The van der Waals surface area contributed by atoms with E-state index in [1.54, 1.807) is 24.3 Å². The predicted molar refractivity (Wildman–Crippen MR) is 53.5 cm³/mol. The van der Waals surface area contributed by atoms with Crippen molar-refractivity contribution in [2.75, 3.05) is 6.54 Å². The Hall–Kier alpha value is -0.960. The van der Waals surface area contributed by atoms with Crippen LogP contribution in [0.1, 0.15) is 24.9 Å². The van der Waals surface area contributed by atoms with Gasteiger partial charge in [0.25, 0.3) is 6.43 Å². The molecular formula is C11H15F2N. The van der Waals surface area contributed by atoms with Crippen LogP contribution in [0.2, 0.25) is 0 Å². The van der Waals surface area contributed by atoms with Crippen molar-refractivity contribution >= 4 is 0 Å². The van der Waals surface area contributed by atoms with Crippen LogP contribution >= 0.6 is 0 Å². The maximum atomic E-state index is 12.6. The fourth-order valence-electron chi connectivity index (χ4n) is 1.31. The van der Waals surface area contributed by atoms with Crippen molar-refractivity contribution in [2.24, 2.45) is 0 Å². The van der Waals surface area contributed by atoms with Crippen LogP contribution < -0.4 is 5.32 Å². The van der Waals surface area contributed by atoms with Gasteiger partial charge in [0, 0.05) is 0 Å². The Morgan fingerprint density at radius 1 is 1.21 bits per heavy atom. The van der Waals surface area contributed by atoms with Crippen LogP contribution in [-0.4, -0.2) is 13.0 Å². The molecule has 0 bridgehead atoms. The van der Waals surface area contributed by atoms with Crippen LogP contribution in [-0.2, 0) is 0 Å². The van der Waals surface area contributed by atoms with E-state index in [-0.39, 0.29) is 0 Å². The zero-order valence-corrected chi connectivity index (χ0v) is 8.21. The molecular weight excluding hydrogens is 184 g/mol. The van der Waals surface area contributed by atoms with Crippen molar-refractivity contribution in [3.63, 3.8) is 0 Å². The Labute approximate surface area is 83.1 Å². The Morgan fingerprint density at radius 2 is 1.86 bits per heavy atom. The molecule has 0 heterocycles. The Morgan fingerprint density at radius 3 is 2.36 bits per heavy atom. The van der Waals surface area contributed by atoms with Gasteiger partial charge in [0.2, 0.25) is 0 Å². The predicted octanol–water partition coefficient (Wildman–Crippen LogP) is 2.99. The van der Waals surface area contributed by atoms with Crippen molar-refractivity contribution in [2.45, 2.75) is 25.8 Å². The third kappa shape index (κ3) is 3.07. The number of hydrogen-bond acceptors (Lipinski definition) is 1. The second-order valence-corrected chi connectivity index (χ2v) is 3.18. The van der Waals surface area contributed by atoms with Crippen molar-refractivity contribution in [1.82, 2.24) is 5.32 Å². The molecule has 3 heteroatoms. The highest BCUT2D eigenvalue weighted by Crippen LogP contribution is 2.19. The van der Waals surface area contributed by atoms with Gasteiger partial charge < -0.3 is 5.32 Å². The van der Waals surface area contributed by atoms with Crippen LogP contribution in [0.4, 0.5) is 8.78 Å². The topological polar surface area (TPSA) is 12.0 Å². The van der Waals surface area contributed by atoms with E-state index in [1.807, 2.05) is 13.0 Å². The van der Waals surface area contributed by atoms with Gasteiger partial charge in [-0.25, -0.2) is 8.78 Å². The summed E-state index contributed by atoms with van der Waals surface area (Å²) < 4.78 is 25.3. The molecule has 1 aromatic carbocycles. The van der Waals surface area contributed by atoms with Crippen LogP contribution in [0.15, 0.2) is 30.3 Å². The lowest BCUT2D eigenvalue weighted by molar-refractivity contribution is 0.0985. The number of alkyl halides is 2. The molecule has 0 amide bonds. The first-order valence-electron chi connectivity index (χ1n) is 4.82. The van der Waals surface area contributed by atoms with E-state index in [1.165, 1.54) is 0 Å². The fraction of sp³-hybridized carbons (Fsp3) is 0.455. The second kappa shape index (κ2) is 5.70. The van der Waals surface area contributed by atoms with Gasteiger partial charge in [-0.05, 0) is 18.5 Å². The average molecular weight is 199 g/mol. The van der Waals surface area contributed by atoms with Gasteiger partial charge in [-0.15, -0.1) is 0 Å². The first-order valence-corrected chi connectivity index (χ1v) is 4.82. The summed E-state index contributed by atoms with van der Waals surface area (Å²) in [4.78, 5) is 0. The molecule has 0 aliphatic rings. The normalized spacial score (nSPS) is 13.1. The Balaban J connectivity index is 2.68. The number of rotatable bonds is 5. The van der Waals surface area contributed by atoms with Crippen molar-refractivity contribution < 1.29 is 8.78 Å². The van der Waals surface area contributed by atoms with E-state index in [2.05, 4.69) is 5.32 Å². The molecule has 0 spiro atoms. The quantitative estimate of drug-likeness (QED) is 0.768. The van der Waals surface area contributed by atoms with E-state index in [0.29, 0.717) is 12.1 Å². The first kappa shape index (κ1) is 11.1. The molecule has 0 aliphatic heterocycles. The van der Waals surface area contributed by atoms with Gasteiger partial charge >= 0.3 is 0 Å². The molecule has 1 atom stereocenters. The van der Waals surface area contributed by atoms with Crippen LogP contribution in [0, 0.1) is 0 Å². The summed E-state index contributed by atoms with van der Waals surface area (Å²) in [6, 6.07) is 7.98. The molecule has 0 saturated heterocycles. The molecule has 1 nitrogen and oxygen atoms in total. The average Bonchev–Trinajstić information content (AvgIpc) is 2.19. The van der Waals surface area contributed by atoms with E-state index in [9.17, 15) is 8.78 Å². The summed E-state index contributed by atoms with van der Waals surface area (Å²) in [6.07, 6.45) is -1.50. The summed E-state index contributed by atoms with van der Waals surface area (Å²) >= 11 is 0. The first-order chi connectivity index (χ1) is 6.75. The van der Waals surface area contributed by atoms with E-state index >= 15 is 0 Å². The summed E-state index contributed by atoms with van der Waals surface area (Å²) in [6.45, 7) is 2.57. The fourth-order valence-corrected chi connectivity index (χ4v) is 1.31. The largest absolute Gasteiger partial charge is 0.305 e. The molecule has 1 rings (SSSR count). The highest BCUT2D eigenvalue weighted by Gasteiger charge is 2.20. The van der Waals surface area contributed by atoms with Crippen LogP contribution in [0.5, 0.6) is 0 Å². The highest BCUT2D eigenvalue weighted by molar-refractivity contribution is 5.19. The smallest absolute Gasteiger partial charge is 0.257 e. The number of nitrogens with one attached hydrogen (secondary N) is 1. The zero-order valence-electron chi connectivity index (χ0n) is 8.21. The molecule has 0 fully saturated rings. The Kier molecular flexibility index (Phi) is 4.53. The molecule has 0 radical (unpaired) electrons. The van der Waals surface area contributed by atoms with E-state index in [4.69, 9.17) is 0 Å². The third-order valence-corrected chi connectivity index (χ3v) is 2.02. The number of halogens is 2. The summed E-state index contributed by atoms with van der Waals surface area (Å²) in [5.74, 6) is 0. The van der Waals surface area contributed by atoms with Crippen molar-refractivity contribution in [1.29, 1.82) is 0 Å². The summed E-state index contributed by atoms with van der Waals surface area (Å²) in [5, 5.41) is 2.84. The van der Waals surface area contributed by atoms with Gasteiger partial charge in [-0.2, -0.15) is 0 Å². The van der Waals surface area contributed by atoms with Gasteiger partial charge in [0.15, 0.2) is 0 Å². The monoisotopic (exact) mass is 199 g/mol. The molecule has 1 unspecified atom stereocenters. The molecule has 0 aliphatic carbocycles. The van der Waals surface area contributed by atoms with E-state index < -0.39 is 12.5 Å². The molecule has 14 heavy (non-hydrogen) atoms. The SMILES string of the molecule is CCCNC(c1ccccc1)C(F)F. The maximum Gasteiger partial charge on any atom is 0.257 e. The lowest BCUT2D eigenvalue weighted by Gasteiger charge is -2.17. The van der Waals surface area contributed by atoms with E-state index in [0.717, 1.165) is 6.42 Å². The van der Waals surface area contributed by atoms with Crippen LogP contribution in [0.25, 0.3) is 0 Å². The lowest BCUT2D eigenvalue weighted by atomic mass is 10.1. The van der Waals surface area contributed by atoms with Gasteiger partial charge in [-0.3, -0.25) is 0 Å². The summed E-state index contributed by atoms with van der Waals surface area (Å²) in [5.41, 5.74) is 0.649. The number of benzene rings is 1. The van der Waals surface area contributed by atoms with Crippen molar-refractivity contribution in [3.8, 4) is 0 Å². The minimum absolute atomic E-state index is 0.615. The minimum atomic E-state index is -2.36. The standard InChI is InChI=1S/C11H15F2N/c1-2-8-14-10(11(12)13)9-6-4-3-5-7-9/h3-7,10-11,14H,2,8H2,1H3. The minimum Gasteiger partial charge on any atom is -0.305 e. The van der Waals surface area contributed by atoms with Gasteiger partial charge in [0.05, 0.1) is 6.04 Å². The number of hydrogen-bond donors (Lipinski definition) is 1. The molecule has 1 N–H and O–H groups in total. The molecule has 78 valence electrons. The Bertz CT molecular complexity index is 249. The molecule has 1 aromatic rings.